The molecule has 0 aliphatic heterocycles. The van der Waals surface area contributed by atoms with E-state index < -0.39 is 0 Å². The third kappa shape index (κ3) is 3.91. The van der Waals surface area contributed by atoms with Gasteiger partial charge in [-0.1, -0.05) is 66.2 Å². The second-order valence-corrected chi connectivity index (χ2v) is 7.15. The van der Waals surface area contributed by atoms with Gasteiger partial charge in [-0.25, -0.2) is 9.67 Å². The van der Waals surface area contributed by atoms with Crippen LogP contribution in [-0.2, 0) is 0 Å². The molecular formula is C23H19ClN4O. The highest BCUT2D eigenvalue weighted by Gasteiger charge is 2.19. The quantitative estimate of drug-likeness (QED) is 0.493. The molecule has 4 rings (SSSR count). The van der Waals surface area contributed by atoms with Crippen LogP contribution >= 0.6 is 11.6 Å². The molecule has 3 aromatic carbocycles. The molecule has 29 heavy (non-hydrogen) atoms. The Morgan fingerprint density at radius 2 is 1.66 bits per heavy atom. The Bertz CT molecular complexity index is 1180. The summed E-state index contributed by atoms with van der Waals surface area (Å²) in [6.07, 6.45) is 0. The van der Waals surface area contributed by atoms with Gasteiger partial charge in [0.05, 0.1) is 5.69 Å². The Balaban J connectivity index is 1.78. The van der Waals surface area contributed by atoms with Gasteiger partial charge in [0.15, 0.2) is 5.82 Å². The molecule has 0 fully saturated rings. The van der Waals surface area contributed by atoms with Gasteiger partial charge in [-0.15, -0.1) is 5.10 Å². The van der Waals surface area contributed by atoms with Crippen LogP contribution in [0.25, 0.3) is 17.1 Å². The molecule has 1 heterocycles. The maximum Gasteiger partial charge on any atom is 0.295 e. The Hall–Kier alpha value is -3.44. The highest BCUT2D eigenvalue weighted by Crippen LogP contribution is 2.25. The summed E-state index contributed by atoms with van der Waals surface area (Å²) in [7, 11) is 0. The highest BCUT2D eigenvalue weighted by molar-refractivity contribution is 6.31. The van der Waals surface area contributed by atoms with E-state index in [2.05, 4.69) is 15.4 Å². The summed E-state index contributed by atoms with van der Waals surface area (Å²) < 4.78 is 1.65. The number of aryl methyl sites for hydroxylation is 2. The molecule has 0 aliphatic rings. The molecule has 6 heteroatoms. The predicted octanol–water partition coefficient (Wildman–Crippen LogP) is 5.46. The molecule has 0 saturated heterocycles. The molecule has 1 amide bonds. The number of para-hydroxylation sites is 1. The van der Waals surface area contributed by atoms with E-state index in [-0.39, 0.29) is 11.7 Å². The normalized spacial score (nSPS) is 10.7. The first-order valence-electron chi connectivity index (χ1n) is 9.19. The van der Waals surface area contributed by atoms with Gasteiger partial charge in [-0.2, -0.15) is 0 Å². The monoisotopic (exact) mass is 402 g/mol. The van der Waals surface area contributed by atoms with E-state index in [9.17, 15) is 4.79 Å². The lowest BCUT2D eigenvalue weighted by Gasteiger charge is -2.07. The number of hydrogen-bond donors (Lipinski definition) is 1. The number of amides is 1. The van der Waals surface area contributed by atoms with Gasteiger partial charge in [-0.05, 0) is 43.2 Å². The summed E-state index contributed by atoms with van der Waals surface area (Å²) in [6.45, 7) is 3.87. The van der Waals surface area contributed by atoms with Gasteiger partial charge in [0.25, 0.3) is 5.91 Å². The molecular weight excluding hydrogens is 384 g/mol. The second-order valence-electron chi connectivity index (χ2n) is 6.74. The summed E-state index contributed by atoms with van der Waals surface area (Å²) in [6, 6.07) is 22.9. The van der Waals surface area contributed by atoms with Gasteiger partial charge in [-0.3, -0.25) is 4.79 Å². The van der Waals surface area contributed by atoms with Crippen LogP contribution in [0.2, 0.25) is 5.02 Å². The van der Waals surface area contributed by atoms with Crippen molar-refractivity contribution in [2.24, 2.45) is 0 Å². The second kappa shape index (κ2) is 7.89. The van der Waals surface area contributed by atoms with E-state index in [0.29, 0.717) is 10.8 Å². The zero-order valence-corrected chi connectivity index (χ0v) is 16.8. The van der Waals surface area contributed by atoms with Crippen molar-refractivity contribution in [3.63, 3.8) is 0 Å². The van der Waals surface area contributed by atoms with Gasteiger partial charge in [0, 0.05) is 16.3 Å². The SMILES string of the molecule is Cc1ccc(-n2nc(C(=O)Nc3ccccc3C)nc2-c2ccccc2)cc1Cl. The van der Waals surface area contributed by atoms with Gasteiger partial charge in [0.1, 0.15) is 0 Å². The first-order chi connectivity index (χ1) is 14.0. The molecule has 1 aromatic heterocycles. The minimum Gasteiger partial charge on any atom is -0.319 e. The minimum atomic E-state index is -0.367. The minimum absolute atomic E-state index is 0.0869. The third-order valence-corrected chi connectivity index (χ3v) is 5.04. The molecule has 5 nitrogen and oxygen atoms in total. The Kier molecular flexibility index (Phi) is 5.14. The Morgan fingerprint density at radius 1 is 0.931 bits per heavy atom. The Labute approximate surface area is 174 Å². The first kappa shape index (κ1) is 18.9. The number of halogens is 1. The number of carbonyl (C=O) groups is 1. The number of carbonyl (C=O) groups excluding carboxylic acids is 1. The van der Waals surface area contributed by atoms with E-state index in [4.69, 9.17) is 11.6 Å². The van der Waals surface area contributed by atoms with E-state index in [1.807, 2.05) is 86.6 Å². The van der Waals surface area contributed by atoms with Crippen LogP contribution in [0.5, 0.6) is 0 Å². The average Bonchev–Trinajstić information content (AvgIpc) is 3.18. The fourth-order valence-electron chi connectivity index (χ4n) is 2.97. The largest absolute Gasteiger partial charge is 0.319 e. The molecule has 0 aliphatic carbocycles. The summed E-state index contributed by atoms with van der Waals surface area (Å²) >= 11 is 6.32. The Morgan fingerprint density at radius 3 is 2.38 bits per heavy atom. The van der Waals surface area contributed by atoms with Crippen LogP contribution in [0.4, 0.5) is 5.69 Å². The summed E-state index contributed by atoms with van der Waals surface area (Å²) in [4.78, 5) is 17.4. The topological polar surface area (TPSA) is 59.8 Å². The fraction of sp³-hybridized carbons (Fsp3) is 0.0870. The number of rotatable bonds is 4. The van der Waals surface area contributed by atoms with Crippen molar-refractivity contribution in [3.05, 3.63) is 94.8 Å². The number of hydrogen-bond acceptors (Lipinski definition) is 3. The molecule has 144 valence electrons. The van der Waals surface area contributed by atoms with Gasteiger partial charge >= 0.3 is 0 Å². The summed E-state index contributed by atoms with van der Waals surface area (Å²) in [5.41, 5.74) is 4.25. The van der Waals surface area contributed by atoms with Crippen LogP contribution in [0.1, 0.15) is 21.7 Å². The molecule has 0 saturated carbocycles. The van der Waals surface area contributed by atoms with Crippen LogP contribution < -0.4 is 5.32 Å². The van der Waals surface area contributed by atoms with E-state index >= 15 is 0 Å². The van der Waals surface area contributed by atoms with E-state index in [1.54, 1.807) is 4.68 Å². The smallest absolute Gasteiger partial charge is 0.295 e. The lowest BCUT2D eigenvalue weighted by molar-refractivity contribution is 0.101. The molecule has 0 unspecified atom stereocenters. The van der Waals surface area contributed by atoms with Crippen molar-refractivity contribution in [2.45, 2.75) is 13.8 Å². The maximum absolute atomic E-state index is 12.8. The molecule has 0 spiro atoms. The van der Waals surface area contributed by atoms with Crippen molar-refractivity contribution in [2.75, 3.05) is 5.32 Å². The van der Waals surface area contributed by atoms with Crippen LogP contribution in [0, 0.1) is 13.8 Å². The van der Waals surface area contributed by atoms with Crippen molar-refractivity contribution >= 4 is 23.2 Å². The molecule has 0 bridgehead atoms. The fourth-order valence-corrected chi connectivity index (χ4v) is 3.14. The summed E-state index contributed by atoms with van der Waals surface area (Å²) in [5.74, 6) is 0.290. The van der Waals surface area contributed by atoms with Gasteiger partial charge < -0.3 is 5.32 Å². The zero-order valence-electron chi connectivity index (χ0n) is 16.1. The van der Waals surface area contributed by atoms with Gasteiger partial charge in [0.2, 0.25) is 5.82 Å². The lowest BCUT2D eigenvalue weighted by atomic mass is 10.2. The van der Waals surface area contributed by atoms with Crippen LogP contribution in [0.15, 0.2) is 72.8 Å². The van der Waals surface area contributed by atoms with Crippen molar-refractivity contribution < 1.29 is 4.79 Å². The van der Waals surface area contributed by atoms with Crippen molar-refractivity contribution in [3.8, 4) is 17.1 Å². The lowest BCUT2D eigenvalue weighted by Crippen LogP contribution is -2.15. The van der Waals surface area contributed by atoms with E-state index in [1.165, 1.54) is 0 Å². The zero-order chi connectivity index (χ0) is 20.4. The number of anilines is 1. The van der Waals surface area contributed by atoms with Crippen molar-refractivity contribution in [1.82, 2.24) is 14.8 Å². The van der Waals surface area contributed by atoms with Crippen LogP contribution in [-0.4, -0.2) is 20.7 Å². The first-order valence-corrected chi connectivity index (χ1v) is 9.57. The van der Waals surface area contributed by atoms with Crippen molar-refractivity contribution in [1.29, 1.82) is 0 Å². The average molecular weight is 403 g/mol. The number of nitrogens with zero attached hydrogens (tertiary/aromatic N) is 3. The standard InChI is InChI=1S/C23H19ClN4O/c1-15-12-13-18(14-19(15)24)28-22(17-9-4-3-5-10-17)26-21(27-28)23(29)25-20-11-7-6-8-16(20)2/h3-14H,1-2H3,(H,25,29). The summed E-state index contributed by atoms with van der Waals surface area (Å²) in [5, 5.41) is 8.00. The molecule has 4 aromatic rings. The third-order valence-electron chi connectivity index (χ3n) is 4.64. The predicted molar refractivity (Wildman–Crippen MR) is 116 cm³/mol. The molecule has 0 radical (unpaired) electrons. The number of nitrogens with one attached hydrogen (secondary N) is 1. The van der Waals surface area contributed by atoms with E-state index in [0.717, 1.165) is 28.1 Å². The highest BCUT2D eigenvalue weighted by atomic mass is 35.5. The molecule has 0 atom stereocenters. The number of benzene rings is 3. The maximum atomic E-state index is 12.8. The number of aromatic nitrogens is 3. The molecule has 1 N–H and O–H groups in total. The van der Waals surface area contributed by atoms with Crippen LogP contribution in [0.3, 0.4) is 0 Å².